The second-order valence-electron chi connectivity index (χ2n) is 3.36. The van der Waals surface area contributed by atoms with Crippen molar-refractivity contribution in [2.45, 2.75) is 13.1 Å². The van der Waals surface area contributed by atoms with Gasteiger partial charge in [0, 0.05) is 12.6 Å². The van der Waals surface area contributed by atoms with Crippen LogP contribution in [-0.2, 0) is 0 Å². The number of rotatable bonds is 4. The first-order chi connectivity index (χ1) is 8.24. The third-order valence-electron chi connectivity index (χ3n) is 2.07. The molecule has 18 heavy (non-hydrogen) atoms. The monoisotopic (exact) mass is 283 g/mol. The highest BCUT2D eigenvalue weighted by molar-refractivity contribution is 6.29. The molecule has 0 N–H and O–H groups in total. The first kappa shape index (κ1) is 14.5. The molecular weight excluding hydrogens is 275 g/mol. The fourth-order valence-electron chi connectivity index (χ4n) is 1.35. The molecule has 0 aromatic carbocycles. The largest absolute Gasteiger partial charge is 0.405 e. The molecule has 1 aromatic heterocycles. The van der Waals surface area contributed by atoms with Crippen molar-refractivity contribution in [2.24, 2.45) is 0 Å². The second kappa shape index (κ2) is 5.38. The van der Waals surface area contributed by atoms with Crippen molar-refractivity contribution in [3.63, 3.8) is 0 Å². The summed E-state index contributed by atoms with van der Waals surface area (Å²) in [5.74, 6) is -0.382. The number of pyridine rings is 1. The number of hydrogen-bond donors (Lipinski definition) is 0. The number of anilines is 1. The van der Waals surface area contributed by atoms with Crippen molar-refractivity contribution >= 4 is 23.1 Å². The van der Waals surface area contributed by atoms with E-state index in [9.17, 15) is 23.3 Å². The minimum atomic E-state index is -4.48. The van der Waals surface area contributed by atoms with Gasteiger partial charge in [-0.25, -0.2) is 4.98 Å². The summed E-state index contributed by atoms with van der Waals surface area (Å²) >= 11 is 5.55. The van der Waals surface area contributed by atoms with Gasteiger partial charge in [0.05, 0.1) is 4.92 Å². The average Bonchev–Trinajstić information content (AvgIpc) is 2.24. The number of alkyl halides is 3. The van der Waals surface area contributed by atoms with Crippen LogP contribution >= 0.6 is 11.6 Å². The van der Waals surface area contributed by atoms with Gasteiger partial charge in [-0.2, -0.15) is 13.2 Å². The molecule has 1 rings (SSSR count). The van der Waals surface area contributed by atoms with E-state index in [-0.39, 0.29) is 17.5 Å². The van der Waals surface area contributed by atoms with Gasteiger partial charge in [-0.05, 0) is 13.0 Å². The number of aromatic nitrogens is 1. The molecule has 1 heterocycles. The lowest BCUT2D eigenvalue weighted by Crippen LogP contribution is -2.35. The fourth-order valence-corrected chi connectivity index (χ4v) is 1.49. The number of nitrogens with zero attached hydrogens (tertiary/aromatic N) is 3. The number of hydrogen-bond acceptors (Lipinski definition) is 4. The van der Waals surface area contributed by atoms with E-state index in [0.717, 1.165) is 17.0 Å². The molecule has 0 aliphatic rings. The average molecular weight is 284 g/mol. The Morgan fingerprint density at radius 2 is 2.11 bits per heavy atom. The molecule has 0 bridgehead atoms. The lowest BCUT2D eigenvalue weighted by molar-refractivity contribution is -0.384. The zero-order chi connectivity index (χ0) is 13.9. The summed E-state index contributed by atoms with van der Waals surface area (Å²) in [5, 5.41) is 10.6. The van der Waals surface area contributed by atoms with Gasteiger partial charge >= 0.3 is 11.9 Å². The first-order valence-electron chi connectivity index (χ1n) is 4.87. The molecule has 0 spiro atoms. The number of nitro groups is 1. The summed E-state index contributed by atoms with van der Waals surface area (Å²) in [4.78, 5) is 14.3. The van der Waals surface area contributed by atoms with Crippen LogP contribution in [-0.4, -0.2) is 29.2 Å². The number of halogens is 4. The van der Waals surface area contributed by atoms with Crippen LogP contribution in [0.1, 0.15) is 6.92 Å². The molecule has 0 aliphatic carbocycles. The highest BCUT2D eigenvalue weighted by Crippen LogP contribution is 2.29. The summed E-state index contributed by atoms with van der Waals surface area (Å²) in [7, 11) is 0. The predicted molar refractivity (Wildman–Crippen MR) is 59.8 cm³/mol. The third-order valence-corrected chi connectivity index (χ3v) is 2.28. The smallest absolute Gasteiger partial charge is 0.342 e. The Kier molecular flexibility index (Phi) is 4.33. The molecule has 0 radical (unpaired) electrons. The molecule has 0 saturated carbocycles. The summed E-state index contributed by atoms with van der Waals surface area (Å²) < 4.78 is 37.0. The molecule has 0 aliphatic heterocycles. The molecule has 5 nitrogen and oxygen atoms in total. The quantitative estimate of drug-likeness (QED) is 0.484. The van der Waals surface area contributed by atoms with E-state index >= 15 is 0 Å². The molecule has 100 valence electrons. The maximum Gasteiger partial charge on any atom is 0.405 e. The molecule has 9 heteroatoms. The maximum absolute atomic E-state index is 12.3. The topological polar surface area (TPSA) is 59.3 Å². The predicted octanol–water partition coefficient (Wildman–Crippen LogP) is 3.03. The van der Waals surface area contributed by atoms with Gasteiger partial charge in [-0.15, -0.1) is 0 Å². The van der Waals surface area contributed by atoms with E-state index in [2.05, 4.69) is 4.98 Å². The summed E-state index contributed by atoms with van der Waals surface area (Å²) in [6.45, 7) is 0.0451. The molecule has 0 atom stereocenters. The lowest BCUT2D eigenvalue weighted by atomic mass is 10.3. The van der Waals surface area contributed by atoms with Crippen molar-refractivity contribution in [1.29, 1.82) is 0 Å². The van der Waals surface area contributed by atoms with E-state index in [4.69, 9.17) is 11.6 Å². The zero-order valence-corrected chi connectivity index (χ0v) is 9.99. The van der Waals surface area contributed by atoms with Crippen LogP contribution in [0.25, 0.3) is 0 Å². The van der Waals surface area contributed by atoms with Crippen molar-refractivity contribution in [2.75, 3.05) is 18.0 Å². The Bertz CT molecular complexity index is 453. The highest BCUT2D eigenvalue weighted by atomic mass is 35.5. The summed E-state index contributed by atoms with van der Waals surface area (Å²) in [6.07, 6.45) is -4.48. The van der Waals surface area contributed by atoms with E-state index in [0.29, 0.717) is 0 Å². The van der Waals surface area contributed by atoms with Crippen molar-refractivity contribution in [1.82, 2.24) is 4.98 Å². The maximum atomic E-state index is 12.3. The molecule has 0 unspecified atom stereocenters. The fraction of sp³-hybridized carbons (Fsp3) is 0.444. The van der Waals surface area contributed by atoms with Crippen molar-refractivity contribution in [3.05, 3.63) is 27.4 Å². The Labute approximate surface area is 105 Å². The van der Waals surface area contributed by atoms with Crippen molar-refractivity contribution in [3.8, 4) is 0 Å². The van der Waals surface area contributed by atoms with E-state index < -0.39 is 23.3 Å². The normalized spacial score (nSPS) is 11.4. The Balaban J connectivity index is 3.19. The van der Waals surface area contributed by atoms with Gasteiger partial charge in [-0.3, -0.25) is 10.1 Å². The van der Waals surface area contributed by atoms with Crippen LogP contribution in [0.4, 0.5) is 24.7 Å². The van der Waals surface area contributed by atoms with Gasteiger partial charge in [0.15, 0.2) is 0 Å². The van der Waals surface area contributed by atoms with E-state index in [1.54, 1.807) is 0 Å². The van der Waals surface area contributed by atoms with Crippen LogP contribution in [0.15, 0.2) is 12.1 Å². The Morgan fingerprint density at radius 3 is 2.56 bits per heavy atom. The van der Waals surface area contributed by atoms with Gasteiger partial charge in [0.1, 0.15) is 11.7 Å². The molecule has 1 aromatic rings. The SMILES string of the molecule is CCN(CC(F)(F)F)c1nc(Cl)ccc1[N+](=O)[O-]. The van der Waals surface area contributed by atoms with Gasteiger partial charge in [-0.1, -0.05) is 11.6 Å². The molecule has 0 amide bonds. The Morgan fingerprint density at radius 1 is 1.50 bits per heavy atom. The van der Waals surface area contributed by atoms with E-state index in [1.807, 2.05) is 0 Å². The standard InChI is InChI=1S/C9H9ClF3N3O2/c1-2-15(5-9(11,12)13)8-6(16(17)18)3-4-7(10)14-8/h3-4H,2,5H2,1H3. The van der Waals surface area contributed by atoms with E-state index in [1.165, 1.54) is 6.92 Å². The minimum Gasteiger partial charge on any atom is -0.342 e. The highest BCUT2D eigenvalue weighted by Gasteiger charge is 2.33. The molecular formula is C9H9ClF3N3O2. The van der Waals surface area contributed by atoms with Gasteiger partial charge in [0.2, 0.25) is 5.82 Å². The first-order valence-corrected chi connectivity index (χ1v) is 5.25. The zero-order valence-electron chi connectivity index (χ0n) is 9.24. The lowest BCUT2D eigenvalue weighted by Gasteiger charge is -2.22. The van der Waals surface area contributed by atoms with Crippen LogP contribution in [0.2, 0.25) is 5.15 Å². The second-order valence-corrected chi connectivity index (χ2v) is 3.75. The van der Waals surface area contributed by atoms with Crippen LogP contribution in [0.5, 0.6) is 0 Å². The van der Waals surface area contributed by atoms with Crippen LogP contribution in [0, 0.1) is 10.1 Å². The van der Waals surface area contributed by atoms with Crippen molar-refractivity contribution < 1.29 is 18.1 Å². The molecule has 0 saturated heterocycles. The Hall–Kier alpha value is -1.57. The van der Waals surface area contributed by atoms with Gasteiger partial charge in [0.25, 0.3) is 0 Å². The minimum absolute atomic E-state index is 0.0757. The third kappa shape index (κ3) is 3.73. The molecule has 0 fully saturated rings. The summed E-state index contributed by atoms with van der Waals surface area (Å²) in [5.41, 5.74) is -0.509. The van der Waals surface area contributed by atoms with Crippen LogP contribution < -0.4 is 4.90 Å². The van der Waals surface area contributed by atoms with Gasteiger partial charge < -0.3 is 4.90 Å². The summed E-state index contributed by atoms with van der Waals surface area (Å²) in [6, 6.07) is 2.19. The van der Waals surface area contributed by atoms with Crippen LogP contribution in [0.3, 0.4) is 0 Å².